The number of benzene rings is 12. The van der Waals surface area contributed by atoms with Gasteiger partial charge in [-0.2, -0.15) is 0 Å². The van der Waals surface area contributed by atoms with Crippen molar-refractivity contribution < 1.29 is 0 Å². The van der Waals surface area contributed by atoms with Gasteiger partial charge in [0.2, 0.25) is 0 Å². The molecule has 0 nitrogen and oxygen atoms in total. The van der Waals surface area contributed by atoms with Crippen molar-refractivity contribution in [1.82, 2.24) is 0 Å². The summed E-state index contributed by atoms with van der Waals surface area (Å²) >= 11 is 0. The standard InChI is InChI=1S/C88H44/c1-2-24-66-26-4-6-28-68(66)46-48-70-30-8-10-32-72(70)50-52-74-34-12-14-36-76(74)54-56-78-38-16-18-40-80(78)58-62-84-64-60-82-42-20-22-44-86(82)88(84)87-83(63-59-81-41-19-21-43-85(81)87)61-57-79-39-17-15-37-77(79)55-53-75-35-13-11-33-73(75)51-49-71-31-9-7-29-69(71)47-45-67-27-5-3-25-65(67)23-1/h3-22,25-44,59-60,63-64H. The second kappa shape index (κ2) is 25.9. The van der Waals surface area contributed by atoms with Gasteiger partial charge in [0, 0.05) is 104 Å². The minimum atomic E-state index is 0.770. The molecule has 0 saturated heterocycles. The zero-order valence-corrected chi connectivity index (χ0v) is 47.4. The molecule has 0 radical (unpaired) electrons. The smallest absolute Gasteiger partial charge is 0.0412 e. The molecule has 0 amide bonds. The highest BCUT2D eigenvalue weighted by Crippen LogP contribution is 2.17. The maximum Gasteiger partial charge on any atom is 0.0412 e. The third-order valence-electron chi connectivity index (χ3n) is 14.6. The molecule has 1 aliphatic rings. The van der Waals surface area contributed by atoms with E-state index in [-0.39, 0.29) is 0 Å². The van der Waals surface area contributed by atoms with Crippen LogP contribution in [-0.2, 0) is 0 Å². The lowest BCUT2D eigenvalue weighted by atomic mass is 9.99. The normalized spacial score (nSPS) is 10.7. The van der Waals surface area contributed by atoms with E-state index in [1.807, 2.05) is 194 Å². The summed E-state index contributed by atoms with van der Waals surface area (Å²) in [4.78, 5) is 0. The van der Waals surface area contributed by atoms with Crippen LogP contribution in [-0.4, -0.2) is 0 Å². The van der Waals surface area contributed by atoms with Gasteiger partial charge < -0.3 is 0 Å². The van der Waals surface area contributed by atoms with E-state index < -0.39 is 0 Å². The quantitative estimate of drug-likeness (QED) is 0.202. The molecule has 1 aliphatic carbocycles. The first-order valence-corrected chi connectivity index (χ1v) is 28.6. The highest BCUT2D eigenvalue weighted by atomic mass is 14.1. The SMILES string of the molecule is C1=C=C=c2ccccc2=C=C=c2ccccc2=C=C=c2ccccc2=C=C=c2ccccc2=C=C=c2ccc3ccccc3c2=c2c(ccc3ccccc23)=C=C=c2ccccc2=C=C=c2ccccc2=C=C=c2ccccc2=C=C=c2ccccc2=C=1. The lowest BCUT2D eigenvalue weighted by Gasteiger charge is -2.03. The van der Waals surface area contributed by atoms with Gasteiger partial charge in [0.05, 0.1) is 0 Å². The Hall–Kier alpha value is -13.2. The van der Waals surface area contributed by atoms with Crippen molar-refractivity contribution in [2.75, 3.05) is 0 Å². The second-order valence-electron chi connectivity index (χ2n) is 20.3. The summed E-state index contributed by atoms with van der Waals surface area (Å²) in [6, 6.07) is 89.0. The lowest BCUT2D eigenvalue weighted by molar-refractivity contribution is 1.48. The van der Waals surface area contributed by atoms with E-state index in [0.29, 0.717) is 0 Å². The average molecular weight is 1100 g/mol. The Morgan fingerprint density at radius 1 is 0.125 bits per heavy atom. The van der Waals surface area contributed by atoms with Gasteiger partial charge in [-0.15, -0.1) is 0 Å². The van der Waals surface area contributed by atoms with Crippen LogP contribution in [0.5, 0.6) is 0 Å². The third-order valence-corrected chi connectivity index (χ3v) is 14.6. The van der Waals surface area contributed by atoms with Gasteiger partial charge in [0.15, 0.2) is 0 Å². The maximum atomic E-state index is 3.65. The Labute approximate surface area is 504 Å². The molecule has 88 heavy (non-hydrogen) atoms. The minimum absolute atomic E-state index is 0.770. The number of rotatable bonds is 0. The summed E-state index contributed by atoms with van der Waals surface area (Å²) in [5, 5.41) is 20.8. The van der Waals surface area contributed by atoms with E-state index in [1.165, 1.54) is 0 Å². The van der Waals surface area contributed by atoms with Crippen LogP contribution in [0.15, 0.2) is 278 Å². The first-order chi connectivity index (χ1) is 43.6. The van der Waals surface area contributed by atoms with E-state index in [1.54, 1.807) is 0 Å². The second-order valence-corrected chi connectivity index (χ2v) is 20.3. The van der Waals surface area contributed by atoms with E-state index >= 15 is 0 Å². The van der Waals surface area contributed by atoms with Crippen LogP contribution < -0.4 is 93.9 Å². The van der Waals surface area contributed by atoms with E-state index in [4.69, 9.17) is 0 Å². The van der Waals surface area contributed by atoms with Crippen molar-refractivity contribution in [3.8, 4) is 0 Å². The molecule has 0 spiro atoms. The Morgan fingerprint density at radius 2 is 0.284 bits per heavy atom. The zero-order valence-electron chi connectivity index (χ0n) is 47.4. The Morgan fingerprint density at radius 3 is 0.489 bits per heavy atom. The van der Waals surface area contributed by atoms with Crippen LogP contribution in [0.25, 0.3) is 125 Å². The van der Waals surface area contributed by atoms with Gasteiger partial charge in [-0.1, -0.05) is 261 Å². The fraction of sp³-hybridized carbons (Fsp3) is 0. The van der Waals surface area contributed by atoms with Gasteiger partial charge >= 0.3 is 0 Å². The summed E-state index contributed by atoms with van der Waals surface area (Å²) in [7, 11) is 0. The van der Waals surface area contributed by atoms with Gasteiger partial charge in [0.25, 0.3) is 0 Å². The molecule has 0 unspecified atom stereocenters. The number of hydrogen-bond donors (Lipinski definition) is 0. The fourth-order valence-corrected chi connectivity index (χ4v) is 10.2. The van der Waals surface area contributed by atoms with Crippen LogP contribution in [0.3, 0.4) is 0 Å². The van der Waals surface area contributed by atoms with E-state index in [2.05, 4.69) is 187 Å². The van der Waals surface area contributed by atoms with Crippen molar-refractivity contribution in [3.63, 3.8) is 0 Å². The van der Waals surface area contributed by atoms with E-state index in [0.717, 1.165) is 126 Å². The summed E-state index contributed by atoms with van der Waals surface area (Å²) in [5.41, 5.74) is 68.1. The molecule has 12 aromatic rings. The molecule has 0 bridgehead atoms. The van der Waals surface area contributed by atoms with Crippen LogP contribution in [0, 0.1) is 10.4 Å². The largest absolute Gasteiger partial charge is 0.0616 e. The first-order valence-electron chi connectivity index (χ1n) is 28.6. The lowest BCUT2D eigenvalue weighted by Crippen LogP contribution is -2.24. The number of hydrogen-bond acceptors (Lipinski definition) is 0. The molecule has 0 heterocycles. The van der Waals surface area contributed by atoms with Crippen LogP contribution >= 0.6 is 0 Å². The fourth-order valence-electron chi connectivity index (χ4n) is 10.2. The molecule has 0 fully saturated rings. The molecule has 0 aliphatic heterocycles. The first kappa shape index (κ1) is 54.0. The zero-order chi connectivity index (χ0) is 59.1. The maximum absolute atomic E-state index is 3.65. The van der Waals surface area contributed by atoms with Crippen LogP contribution in [0.4, 0.5) is 0 Å². The molecule has 0 atom stereocenters. The minimum Gasteiger partial charge on any atom is -0.0616 e. The molecule has 0 heteroatoms. The van der Waals surface area contributed by atoms with Crippen molar-refractivity contribution in [2.24, 2.45) is 0 Å². The molecule has 396 valence electrons. The van der Waals surface area contributed by atoms with Gasteiger partial charge in [-0.25, -0.2) is 0 Å². The summed E-state index contributed by atoms with van der Waals surface area (Å²) < 4.78 is 0. The van der Waals surface area contributed by atoms with Gasteiger partial charge in [-0.3, -0.25) is 0 Å². The van der Waals surface area contributed by atoms with Crippen molar-refractivity contribution in [2.45, 2.75) is 0 Å². The summed E-state index contributed by atoms with van der Waals surface area (Å²) in [6.45, 7) is 0. The summed E-state index contributed by atoms with van der Waals surface area (Å²) in [5.74, 6) is 0. The average Bonchev–Trinajstić information content (AvgIpc) is 1.03. The Bertz CT molecular complexity index is 6530. The highest BCUT2D eigenvalue weighted by molar-refractivity contribution is 5.88. The summed E-state index contributed by atoms with van der Waals surface area (Å²) in [6.07, 6.45) is 0. The third kappa shape index (κ3) is 12.4. The van der Waals surface area contributed by atoms with Crippen molar-refractivity contribution in [3.05, 3.63) is 383 Å². The predicted octanol–water partition coefficient (Wildman–Crippen LogP) is 4.04. The van der Waals surface area contributed by atoms with Gasteiger partial charge in [0.1, 0.15) is 0 Å². The Balaban J connectivity index is 1.26. The van der Waals surface area contributed by atoms with Crippen LogP contribution in [0.2, 0.25) is 0 Å². The predicted molar refractivity (Wildman–Crippen MR) is 359 cm³/mol. The Kier molecular flexibility index (Phi) is 15.9. The van der Waals surface area contributed by atoms with E-state index in [9.17, 15) is 0 Å². The molecular formula is C88H44. The molecule has 13 rings (SSSR count). The molecule has 0 N–H and O–H groups in total. The molecule has 12 aromatic carbocycles. The molecule has 0 saturated carbocycles. The van der Waals surface area contributed by atoms with Gasteiger partial charge in [-0.05, 0) is 142 Å². The van der Waals surface area contributed by atoms with Crippen LogP contribution in [0.1, 0.15) is 0 Å². The van der Waals surface area contributed by atoms with Crippen molar-refractivity contribution in [1.29, 1.82) is 0 Å². The topological polar surface area (TPSA) is 0 Å². The molecular weight excluding hydrogens is 1060 g/mol. The van der Waals surface area contributed by atoms with Crippen molar-refractivity contribution >= 4 is 125 Å². The molecule has 0 aromatic heterocycles. The monoisotopic (exact) mass is 1100 g/mol. The highest BCUT2D eigenvalue weighted by Gasteiger charge is 2.03. The number of fused-ring (bicyclic) bond motifs is 14.